The van der Waals surface area contributed by atoms with Crippen LogP contribution in [-0.4, -0.2) is 42.3 Å². The average Bonchev–Trinajstić information content (AvgIpc) is 3.14. The van der Waals surface area contributed by atoms with Crippen molar-refractivity contribution in [1.29, 1.82) is 0 Å². The van der Waals surface area contributed by atoms with Gasteiger partial charge in [0.15, 0.2) is 0 Å². The first-order valence-corrected chi connectivity index (χ1v) is 11.7. The van der Waals surface area contributed by atoms with Gasteiger partial charge in [0, 0.05) is 30.5 Å². The number of carboxylic acids is 1. The summed E-state index contributed by atoms with van der Waals surface area (Å²) >= 11 is 0. The van der Waals surface area contributed by atoms with Crippen LogP contribution in [0.5, 0.6) is 0 Å². The van der Waals surface area contributed by atoms with Crippen LogP contribution in [0.25, 0.3) is 11.1 Å². The highest BCUT2D eigenvalue weighted by atomic mass is 16.5. The van der Waals surface area contributed by atoms with E-state index < -0.39 is 12.1 Å². The van der Waals surface area contributed by atoms with E-state index in [0.29, 0.717) is 6.42 Å². The van der Waals surface area contributed by atoms with Gasteiger partial charge in [0.05, 0.1) is 0 Å². The number of hydrogen-bond donors (Lipinski definition) is 3. The zero-order valence-electron chi connectivity index (χ0n) is 19.7. The molecule has 2 amide bonds. The fraction of sp³-hybridized carbons (Fsp3) is 0.370. The lowest BCUT2D eigenvalue weighted by Crippen LogP contribution is -2.40. The van der Waals surface area contributed by atoms with Crippen molar-refractivity contribution in [3.05, 3.63) is 71.3 Å². The van der Waals surface area contributed by atoms with Crippen molar-refractivity contribution in [2.45, 2.75) is 51.5 Å². The summed E-state index contributed by atoms with van der Waals surface area (Å²) in [5.41, 5.74) is 4.78. The third-order valence-electron chi connectivity index (χ3n) is 6.05. The van der Waals surface area contributed by atoms with E-state index in [9.17, 15) is 14.4 Å². The third kappa shape index (κ3) is 6.47. The van der Waals surface area contributed by atoms with Gasteiger partial charge < -0.3 is 20.5 Å². The van der Waals surface area contributed by atoms with Crippen molar-refractivity contribution in [2.24, 2.45) is 0 Å². The molecule has 7 nitrogen and oxygen atoms in total. The highest BCUT2D eigenvalue weighted by Crippen LogP contribution is 2.44. The quantitative estimate of drug-likeness (QED) is 0.421. The number of benzene rings is 2. The first-order valence-electron chi connectivity index (χ1n) is 11.7. The SMILES string of the molecule is CCCCC(CC(=O)NC/C=C(\C)C(=O)O)NC(=O)OCC1c2ccccc2-c2ccccc21. The molecule has 0 bridgehead atoms. The fourth-order valence-corrected chi connectivity index (χ4v) is 4.18. The highest BCUT2D eigenvalue weighted by molar-refractivity contribution is 5.86. The largest absolute Gasteiger partial charge is 0.478 e. The van der Waals surface area contributed by atoms with E-state index in [2.05, 4.69) is 34.9 Å². The minimum Gasteiger partial charge on any atom is -0.478 e. The Bertz CT molecular complexity index is 1020. The molecule has 7 heteroatoms. The summed E-state index contributed by atoms with van der Waals surface area (Å²) in [5.74, 6) is -1.30. The van der Waals surface area contributed by atoms with E-state index in [1.54, 1.807) is 0 Å². The Hall–Kier alpha value is -3.61. The maximum atomic E-state index is 12.6. The molecule has 0 aliphatic heterocycles. The molecule has 0 saturated carbocycles. The van der Waals surface area contributed by atoms with E-state index in [1.807, 2.05) is 31.2 Å². The average molecular weight is 465 g/mol. The zero-order chi connectivity index (χ0) is 24.5. The summed E-state index contributed by atoms with van der Waals surface area (Å²) in [6, 6.07) is 15.9. The number of hydrogen-bond acceptors (Lipinski definition) is 4. The molecular weight excluding hydrogens is 432 g/mol. The topological polar surface area (TPSA) is 105 Å². The predicted molar refractivity (Wildman–Crippen MR) is 131 cm³/mol. The Morgan fingerprint density at radius 2 is 1.68 bits per heavy atom. The lowest BCUT2D eigenvalue weighted by molar-refractivity contribution is -0.132. The Morgan fingerprint density at radius 1 is 1.06 bits per heavy atom. The van der Waals surface area contributed by atoms with Crippen LogP contribution in [0, 0.1) is 0 Å². The number of ether oxygens (including phenoxy) is 1. The molecule has 0 aromatic heterocycles. The number of carbonyl (C=O) groups excluding carboxylic acids is 2. The molecule has 0 saturated heterocycles. The number of nitrogens with one attached hydrogen (secondary N) is 2. The van der Waals surface area contributed by atoms with Crippen molar-refractivity contribution < 1.29 is 24.2 Å². The summed E-state index contributed by atoms with van der Waals surface area (Å²) in [4.78, 5) is 35.8. The Morgan fingerprint density at radius 3 is 2.26 bits per heavy atom. The van der Waals surface area contributed by atoms with Crippen molar-refractivity contribution in [3.63, 3.8) is 0 Å². The third-order valence-corrected chi connectivity index (χ3v) is 6.05. The Kier molecular flexibility index (Phi) is 8.85. The monoisotopic (exact) mass is 464 g/mol. The van der Waals surface area contributed by atoms with Crippen LogP contribution < -0.4 is 10.6 Å². The van der Waals surface area contributed by atoms with Gasteiger partial charge in [-0.1, -0.05) is 74.4 Å². The molecule has 3 N–H and O–H groups in total. The molecule has 0 fully saturated rings. The van der Waals surface area contributed by atoms with Crippen LogP contribution in [0.4, 0.5) is 4.79 Å². The molecule has 0 spiro atoms. The van der Waals surface area contributed by atoms with Gasteiger partial charge >= 0.3 is 12.1 Å². The van der Waals surface area contributed by atoms with Gasteiger partial charge in [-0.3, -0.25) is 4.79 Å². The predicted octanol–water partition coefficient (Wildman–Crippen LogP) is 4.62. The second kappa shape index (κ2) is 12.0. The van der Waals surface area contributed by atoms with Crippen molar-refractivity contribution in [3.8, 4) is 11.1 Å². The van der Waals surface area contributed by atoms with Gasteiger partial charge in [0.1, 0.15) is 6.61 Å². The molecule has 0 radical (unpaired) electrons. The van der Waals surface area contributed by atoms with E-state index in [4.69, 9.17) is 9.84 Å². The summed E-state index contributed by atoms with van der Waals surface area (Å²) < 4.78 is 5.61. The van der Waals surface area contributed by atoms with Gasteiger partial charge in [-0.05, 0) is 35.6 Å². The molecule has 0 heterocycles. The number of carboxylic acid groups (broad SMARTS) is 1. The molecule has 34 heavy (non-hydrogen) atoms. The van der Waals surface area contributed by atoms with Crippen molar-refractivity contribution >= 4 is 18.0 Å². The normalized spacial score (nSPS) is 13.5. The van der Waals surface area contributed by atoms with Crippen molar-refractivity contribution in [2.75, 3.05) is 13.2 Å². The number of alkyl carbamates (subject to hydrolysis) is 1. The van der Waals surface area contributed by atoms with Crippen LogP contribution in [0.15, 0.2) is 60.2 Å². The minimum atomic E-state index is -1.02. The van der Waals surface area contributed by atoms with Crippen LogP contribution in [0.2, 0.25) is 0 Å². The summed E-state index contributed by atoms with van der Waals surface area (Å²) in [5, 5.41) is 14.4. The molecular formula is C27H32N2O5. The first kappa shape index (κ1) is 25.0. The second-order valence-electron chi connectivity index (χ2n) is 8.51. The summed E-state index contributed by atoms with van der Waals surface area (Å²) in [6.45, 7) is 3.86. The zero-order valence-corrected chi connectivity index (χ0v) is 19.7. The Balaban J connectivity index is 1.56. The summed E-state index contributed by atoms with van der Waals surface area (Å²) in [7, 11) is 0. The van der Waals surface area contributed by atoms with E-state index >= 15 is 0 Å². The number of amides is 2. The molecule has 1 aliphatic rings. The maximum absolute atomic E-state index is 12.6. The van der Waals surface area contributed by atoms with Crippen molar-refractivity contribution in [1.82, 2.24) is 10.6 Å². The number of carbonyl (C=O) groups is 3. The first-order chi connectivity index (χ1) is 16.4. The molecule has 1 atom stereocenters. The second-order valence-corrected chi connectivity index (χ2v) is 8.51. The maximum Gasteiger partial charge on any atom is 0.407 e. The van der Waals surface area contributed by atoms with Crippen LogP contribution >= 0.6 is 0 Å². The van der Waals surface area contributed by atoms with Gasteiger partial charge in [0.2, 0.25) is 5.91 Å². The number of unbranched alkanes of at least 4 members (excludes halogenated alkanes) is 1. The number of aliphatic carboxylic acids is 1. The van der Waals surface area contributed by atoms with E-state index in [1.165, 1.54) is 13.0 Å². The lowest BCUT2D eigenvalue weighted by Gasteiger charge is -2.19. The minimum absolute atomic E-state index is 0.0280. The molecule has 2 aromatic rings. The van der Waals surface area contributed by atoms with Gasteiger partial charge in [0.25, 0.3) is 0 Å². The smallest absolute Gasteiger partial charge is 0.407 e. The van der Waals surface area contributed by atoms with Gasteiger partial charge in [-0.2, -0.15) is 0 Å². The van der Waals surface area contributed by atoms with Gasteiger partial charge in [-0.25, -0.2) is 9.59 Å². The van der Waals surface area contributed by atoms with Crippen LogP contribution in [-0.2, 0) is 14.3 Å². The summed E-state index contributed by atoms with van der Waals surface area (Å²) in [6.07, 6.45) is 3.45. The van der Waals surface area contributed by atoms with Gasteiger partial charge in [-0.15, -0.1) is 0 Å². The number of fused-ring (bicyclic) bond motifs is 3. The standard InChI is InChI=1S/C27H32N2O5/c1-3-4-9-19(16-25(30)28-15-14-18(2)26(31)32)29-27(33)34-17-24-22-12-7-5-10-20(22)21-11-6-8-13-23(21)24/h5-8,10-14,19,24H,3-4,9,15-17H2,1-2H3,(H,28,30)(H,29,33)(H,31,32)/b18-14+. The van der Waals surface area contributed by atoms with Crippen LogP contribution in [0.1, 0.15) is 56.6 Å². The molecule has 1 unspecified atom stereocenters. The number of rotatable bonds is 11. The highest BCUT2D eigenvalue weighted by Gasteiger charge is 2.29. The van der Waals surface area contributed by atoms with E-state index in [0.717, 1.165) is 35.1 Å². The Labute approximate surface area is 200 Å². The molecule has 180 valence electrons. The lowest BCUT2D eigenvalue weighted by atomic mass is 9.98. The molecule has 2 aromatic carbocycles. The molecule has 3 rings (SSSR count). The molecule has 1 aliphatic carbocycles. The fourth-order valence-electron chi connectivity index (χ4n) is 4.18. The van der Waals surface area contributed by atoms with E-state index in [-0.39, 0.29) is 43.0 Å². The van der Waals surface area contributed by atoms with Crippen LogP contribution in [0.3, 0.4) is 0 Å².